The lowest BCUT2D eigenvalue weighted by Crippen LogP contribution is -2.21. The number of hydrogen-bond donors (Lipinski definition) is 1. The highest BCUT2D eigenvalue weighted by Crippen LogP contribution is 2.27. The zero-order chi connectivity index (χ0) is 13.8. The van der Waals surface area contributed by atoms with E-state index >= 15 is 0 Å². The highest BCUT2D eigenvalue weighted by molar-refractivity contribution is 6.31. The van der Waals surface area contributed by atoms with Crippen LogP contribution in [0.4, 0.5) is 0 Å². The van der Waals surface area contributed by atoms with Gasteiger partial charge in [0.15, 0.2) is 0 Å². The van der Waals surface area contributed by atoms with Gasteiger partial charge in [0.05, 0.1) is 23.5 Å². The van der Waals surface area contributed by atoms with Crippen molar-refractivity contribution in [1.29, 1.82) is 0 Å². The van der Waals surface area contributed by atoms with Gasteiger partial charge in [-0.25, -0.2) is 0 Å². The van der Waals surface area contributed by atoms with Gasteiger partial charge < -0.3 is 10.0 Å². The third kappa shape index (κ3) is 3.35. The van der Waals surface area contributed by atoms with E-state index in [0.29, 0.717) is 17.3 Å². The number of nitrogens with zero attached hydrogens (tertiary/aromatic N) is 3. The summed E-state index contributed by atoms with van der Waals surface area (Å²) in [5.74, 6) is 0. The van der Waals surface area contributed by atoms with Gasteiger partial charge in [-0.05, 0) is 19.7 Å². The molecule has 0 saturated heterocycles. The maximum absolute atomic E-state index is 10.4. The van der Waals surface area contributed by atoms with Crippen molar-refractivity contribution in [2.75, 3.05) is 20.6 Å². The molecule has 0 radical (unpaired) electrons. The van der Waals surface area contributed by atoms with Crippen LogP contribution in [0.1, 0.15) is 17.4 Å². The number of aromatic nitrogens is 2. The van der Waals surface area contributed by atoms with Crippen LogP contribution in [0, 0.1) is 0 Å². The molecule has 0 aliphatic rings. The van der Waals surface area contributed by atoms with Crippen molar-refractivity contribution >= 4 is 11.6 Å². The van der Waals surface area contributed by atoms with Crippen LogP contribution in [0.5, 0.6) is 0 Å². The number of aliphatic hydroxyl groups excluding tert-OH is 1. The summed E-state index contributed by atoms with van der Waals surface area (Å²) in [6.45, 7) is 1.53. The molecule has 2 aromatic rings. The van der Waals surface area contributed by atoms with Gasteiger partial charge in [0, 0.05) is 6.54 Å². The fourth-order valence-electron chi connectivity index (χ4n) is 1.91. The van der Waals surface area contributed by atoms with Crippen molar-refractivity contribution in [2.24, 2.45) is 0 Å². The highest BCUT2D eigenvalue weighted by atomic mass is 35.5. The quantitative estimate of drug-likeness (QED) is 0.912. The molecule has 4 nitrogen and oxygen atoms in total. The summed E-state index contributed by atoms with van der Waals surface area (Å²) in [4.78, 5) is 2.06. The van der Waals surface area contributed by atoms with Gasteiger partial charge in [-0.15, -0.1) is 0 Å². The zero-order valence-electron chi connectivity index (χ0n) is 11.1. The Labute approximate surface area is 118 Å². The molecule has 0 spiro atoms. The van der Waals surface area contributed by atoms with Crippen molar-refractivity contribution in [3.8, 4) is 0 Å². The molecule has 102 valence electrons. The Kier molecular flexibility index (Phi) is 4.58. The maximum Gasteiger partial charge on any atom is 0.122 e. The van der Waals surface area contributed by atoms with E-state index in [1.807, 2.05) is 44.4 Å². The van der Waals surface area contributed by atoms with Crippen LogP contribution in [0.3, 0.4) is 0 Å². The lowest BCUT2D eigenvalue weighted by Gasteiger charge is -2.16. The Hall–Kier alpha value is -1.36. The molecule has 1 unspecified atom stereocenters. The molecule has 1 aromatic carbocycles. The van der Waals surface area contributed by atoms with Gasteiger partial charge in [0.25, 0.3) is 0 Å². The standard InChI is InChI=1S/C14H18ClN3O/c1-17(2)8-9-18-13(12(15)10-16-18)14(19)11-6-4-3-5-7-11/h3-7,10,14,19H,8-9H2,1-2H3. The van der Waals surface area contributed by atoms with Gasteiger partial charge in [0.1, 0.15) is 6.10 Å². The molecule has 1 aromatic heterocycles. The van der Waals surface area contributed by atoms with Crippen LogP contribution < -0.4 is 0 Å². The van der Waals surface area contributed by atoms with Crippen molar-refractivity contribution in [2.45, 2.75) is 12.6 Å². The van der Waals surface area contributed by atoms with Gasteiger partial charge in [-0.2, -0.15) is 5.10 Å². The first kappa shape index (κ1) is 14.1. The van der Waals surface area contributed by atoms with Crippen LogP contribution in [-0.4, -0.2) is 40.4 Å². The van der Waals surface area contributed by atoms with Gasteiger partial charge >= 0.3 is 0 Å². The van der Waals surface area contributed by atoms with E-state index in [1.165, 1.54) is 0 Å². The first-order valence-electron chi connectivity index (χ1n) is 6.18. The Morgan fingerprint density at radius 3 is 2.63 bits per heavy atom. The van der Waals surface area contributed by atoms with E-state index in [9.17, 15) is 5.11 Å². The molecule has 1 atom stereocenters. The van der Waals surface area contributed by atoms with E-state index in [-0.39, 0.29) is 0 Å². The second-order valence-corrected chi connectivity index (χ2v) is 5.12. The predicted octanol–water partition coefficient (Wildman–Crippen LogP) is 2.18. The summed E-state index contributed by atoms with van der Waals surface area (Å²) in [6.07, 6.45) is 0.831. The van der Waals surface area contributed by atoms with E-state index in [2.05, 4.69) is 10.00 Å². The average molecular weight is 280 g/mol. The van der Waals surface area contributed by atoms with Gasteiger partial charge in [0.2, 0.25) is 0 Å². The Bertz CT molecular complexity index is 525. The highest BCUT2D eigenvalue weighted by Gasteiger charge is 2.19. The minimum absolute atomic E-state index is 0.495. The predicted molar refractivity (Wildman–Crippen MR) is 76.3 cm³/mol. The number of hydrogen-bond acceptors (Lipinski definition) is 3. The van der Waals surface area contributed by atoms with Crippen LogP contribution in [0.2, 0.25) is 5.02 Å². The average Bonchev–Trinajstić information content (AvgIpc) is 2.78. The summed E-state index contributed by atoms with van der Waals surface area (Å²) in [7, 11) is 4.00. The summed E-state index contributed by atoms with van der Waals surface area (Å²) < 4.78 is 1.76. The van der Waals surface area contributed by atoms with Crippen molar-refractivity contribution in [3.63, 3.8) is 0 Å². The lowest BCUT2D eigenvalue weighted by molar-refractivity contribution is 0.205. The molecule has 1 heterocycles. The zero-order valence-corrected chi connectivity index (χ0v) is 11.9. The molecule has 0 aliphatic carbocycles. The Morgan fingerprint density at radius 1 is 1.32 bits per heavy atom. The van der Waals surface area contributed by atoms with E-state index in [1.54, 1.807) is 10.9 Å². The largest absolute Gasteiger partial charge is 0.382 e. The Morgan fingerprint density at radius 2 is 2.00 bits per heavy atom. The van der Waals surface area contributed by atoms with Crippen molar-refractivity contribution in [1.82, 2.24) is 14.7 Å². The van der Waals surface area contributed by atoms with Crippen molar-refractivity contribution < 1.29 is 5.11 Å². The topological polar surface area (TPSA) is 41.3 Å². The van der Waals surface area contributed by atoms with Crippen LogP contribution in [-0.2, 0) is 6.54 Å². The third-order valence-corrected chi connectivity index (χ3v) is 3.26. The number of rotatable bonds is 5. The number of benzene rings is 1. The fraction of sp³-hybridized carbons (Fsp3) is 0.357. The third-order valence-electron chi connectivity index (χ3n) is 2.97. The molecule has 1 N–H and O–H groups in total. The molecule has 2 rings (SSSR count). The normalized spacial score (nSPS) is 12.9. The van der Waals surface area contributed by atoms with Gasteiger partial charge in [-0.1, -0.05) is 41.9 Å². The van der Waals surface area contributed by atoms with E-state index in [4.69, 9.17) is 11.6 Å². The molecule has 19 heavy (non-hydrogen) atoms. The number of aliphatic hydroxyl groups is 1. The summed E-state index contributed by atoms with van der Waals surface area (Å²) in [5.41, 5.74) is 1.46. The van der Waals surface area contributed by atoms with Crippen LogP contribution in [0.25, 0.3) is 0 Å². The Balaban J connectivity index is 2.26. The van der Waals surface area contributed by atoms with E-state index < -0.39 is 6.10 Å². The second kappa shape index (κ2) is 6.19. The molecule has 0 fully saturated rings. The fourth-order valence-corrected chi connectivity index (χ4v) is 2.15. The molecule has 0 saturated carbocycles. The summed E-state index contributed by atoms with van der Waals surface area (Å²) in [6, 6.07) is 9.47. The van der Waals surface area contributed by atoms with E-state index in [0.717, 1.165) is 12.1 Å². The molecule has 5 heteroatoms. The molecular formula is C14H18ClN3O. The second-order valence-electron chi connectivity index (χ2n) is 4.72. The van der Waals surface area contributed by atoms with Crippen LogP contribution >= 0.6 is 11.6 Å². The number of likely N-dealkylation sites (N-methyl/N-ethyl adjacent to an activating group) is 1. The maximum atomic E-state index is 10.4. The minimum Gasteiger partial charge on any atom is -0.382 e. The molecule has 0 bridgehead atoms. The molecule has 0 aliphatic heterocycles. The summed E-state index contributed by atoms with van der Waals surface area (Å²) in [5, 5.41) is 15.2. The number of halogens is 1. The minimum atomic E-state index is -0.752. The monoisotopic (exact) mass is 279 g/mol. The first-order valence-corrected chi connectivity index (χ1v) is 6.56. The van der Waals surface area contributed by atoms with Gasteiger partial charge in [-0.3, -0.25) is 4.68 Å². The molecular weight excluding hydrogens is 262 g/mol. The van der Waals surface area contributed by atoms with Crippen molar-refractivity contribution in [3.05, 3.63) is 52.8 Å². The smallest absolute Gasteiger partial charge is 0.122 e. The lowest BCUT2D eigenvalue weighted by atomic mass is 10.1. The SMILES string of the molecule is CN(C)CCn1ncc(Cl)c1C(O)c1ccccc1. The van der Waals surface area contributed by atoms with Crippen LogP contribution in [0.15, 0.2) is 36.5 Å². The molecule has 0 amide bonds. The summed E-state index contributed by atoms with van der Waals surface area (Å²) >= 11 is 6.15. The first-order chi connectivity index (χ1) is 9.09.